The second-order valence-corrected chi connectivity index (χ2v) is 8.45. The number of hydrogen-bond donors (Lipinski definition) is 1. The number of anilines is 1. The van der Waals surface area contributed by atoms with Gasteiger partial charge in [-0.05, 0) is 43.2 Å². The molecule has 0 bridgehead atoms. The summed E-state index contributed by atoms with van der Waals surface area (Å²) in [4.78, 5) is 11.7. The highest BCUT2D eigenvalue weighted by molar-refractivity contribution is 7.89. The van der Waals surface area contributed by atoms with Crippen molar-refractivity contribution in [1.82, 2.24) is 14.7 Å². The largest absolute Gasteiger partial charge is 0.497 e. The lowest BCUT2D eigenvalue weighted by Gasteiger charge is -2.19. The molecule has 2 aromatic carbocycles. The Hall–Kier alpha value is -2.71. The van der Waals surface area contributed by atoms with Crippen molar-refractivity contribution in [2.75, 3.05) is 25.1 Å². The molecule has 1 saturated heterocycles. The van der Waals surface area contributed by atoms with E-state index in [9.17, 15) is 8.42 Å². The third-order valence-electron chi connectivity index (χ3n) is 4.81. The SMILES string of the molecule is COc1ccc2nc(CNS(=O)(=O)c3ccccc3)nc(N3CCCC3)c2c1. The maximum Gasteiger partial charge on any atom is 0.240 e. The van der Waals surface area contributed by atoms with Crippen LogP contribution in [0.15, 0.2) is 53.4 Å². The fourth-order valence-electron chi connectivity index (χ4n) is 3.36. The van der Waals surface area contributed by atoms with E-state index in [0.29, 0.717) is 5.82 Å². The van der Waals surface area contributed by atoms with Crippen molar-refractivity contribution in [3.63, 3.8) is 0 Å². The van der Waals surface area contributed by atoms with Crippen molar-refractivity contribution >= 4 is 26.7 Å². The van der Waals surface area contributed by atoms with Crippen LogP contribution in [0.3, 0.4) is 0 Å². The van der Waals surface area contributed by atoms with Crippen LogP contribution in [0.4, 0.5) is 5.82 Å². The molecule has 28 heavy (non-hydrogen) atoms. The number of methoxy groups -OCH3 is 1. The fourth-order valence-corrected chi connectivity index (χ4v) is 4.36. The Kier molecular flexibility index (Phi) is 5.15. The zero-order chi connectivity index (χ0) is 19.6. The van der Waals surface area contributed by atoms with Crippen LogP contribution < -0.4 is 14.4 Å². The van der Waals surface area contributed by atoms with Crippen LogP contribution in [-0.4, -0.2) is 38.6 Å². The fraction of sp³-hybridized carbons (Fsp3) is 0.300. The molecular formula is C20H22N4O3S. The maximum atomic E-state index is 12.5. The second-order valence-electron chi connectivity index (χ2n) is 6.68. The van der Waals surface area contributed by atoms with Crippen LogP contribution in [0.1, 0.15) is 18.7 Å². The highest BCUT2D eigenvalue weighted by Crippen LogP contribution is 2.29. The second kappa shape index (κ2) is 7.73. The Bertz CT molecular complexity index is 1080. The van der Waals surface area contributed by atoms with Gasteiger partial charge < -0.3 is 9.64 Å². The summed E-state index contributed by atoms with van der Waals surface area (Å²) in [6.07, 6.45) is 2.23. The first-order chi connectivity index (χ1) is 13.6. The molecular weight excluding hydrogens is 376 g/mol. The summed E-state index contributed by atoms with van der Waals surface area (Å²) in [5.41, 5.74) is 0.770. The number of fused-ring (bicyclic) bond motifs is 1. The molecule has 3 aromatic rings. The van der Waals surface area contributed by atoms with Crippen LogP contribution in [0.5, 0.6) is 5.75 Å². The monoisotopic (exact) mass is 398 g/mol. The minimum Gasteiger partial charge on any atom is -0.497 e. The van der Waals surface area contributed by atoms with E-state index in [1.807, 2.05) is 18.2 Å². The topological polar surface area (TPSA) is 84.4 Å². The van der Waals surface area contributed by atoms with Gasteiger partial charge in [0.2, 0.25) is 10.0 Å². The third kappa shape index (κ3) is 3.79. The Morgan fingerprint density at radius 3 is 2.54 bits per heavy atom. The molecule has 0 amide bonds. The van der Waals surface area contributed by atoms with E-state index in [4.69, 9.17) is 4.74 Å². The molecule has 0 spiro atoms. The van der Waals surface area contributed by atoms with Crippen molar-refractivity contribution in [3.8, 4) is 5.75 Å². The van der Waals surface area contributed by atoms with E-state index in [1.54, 1.807) is 37.4 Å². The number of sulfonamides is 1. The molecule has 1 N–H and O–H groups in total. The summed E-state index contributed by atoms with van der Waals surface area (Å²) in [5.74, 6) is 2.02. The minimum atomic E-state index is -3.62. The molecule has 7 nitrogen and oxygen atoms in total. The lowest BCUT2D eigenvalue weighted by atomic mass is 10.2. The summed E-state index contributed by atoms with van der Waals surface area (Å²) in [6.45, 7) is 1.89. The summed E-state index contributed by atoms with van der Waals surface area (Å²) >= 11 is 0. The molecule has 0 radical (unpaired) electrons. The van der Waals surface area contributed by atoms with Gasteiger partial charge in [0.05, 0.1) is 24.1 Å². The number of aromatic nitrogens is 2. The molecule has 146 valence electrons. The van der Waals surface area contributed by atoms with Crippen molar-refractivity contribution in [3.05, 3.63) is 54.4 Å². The van der Waals surface area contributed by atoms with Crippen LogP contribution in [-0.2, 0) is 16.6 Å². The number of nitrogens with one attached hydrogen (secondary N) is 1. The van der Waals surface area contributed by atoms with Gasteiger partial charge in [0.1, 0.15) is 17.4 Å². The number of rotatable bonds is 6. The highest BCUT2D eigenvalue weighted by Gasteiger charge is 2.20. The molecule has 1 aromatic heterocycles. The molecule has 1 aliphatic rings. The summed E-state index contributed by atoms with van der Waals surface area (Å²) in [5, 5.41) is 0.913. The summed E-state index contributed by atoms with van der Waals surface area (Å²) in [7, 11) is -1.99. The molecule has 0 aliphatic carbocycles. The zero-order valence-corrected chi connectivity index (χ0v) is 16.4. The van der Waals surface area contributed by atoms with Gasteiger partial charge in [-0.25, -0.2) is 23.1 Å². The first-order valence-corrected chi connectivity index (χ1v) is 10.7. The summed E-state index contributed by atoms with van der Waals surface area (Å²) in [6, 6.07) is 13.9. The average Bonchev–Trinajstić information content (AvgIpc) is 3.26. The zero-order valence-electron chi connectivity index (χ0n) is 15.6. The standard InChI is InChI=1S/C20H22N4O3S/c1-27-15-9-10-18-17(13-15)20(24-11-5-6-12-24)23-19(22-18)14-21-28(25,26)16-7-3-2-4-8-16/h2-4,7-10,13,21H,5-6,11-12,14H2,1H3. The van der Waals surface area contributed by atoms with E-state index in [0.717, 1.165) is 48.4 Å². The van der Waals surface area contributed by atoms with E-state index >= 15 is 0 Å². The number of ether oxygens (including phenoxy) is 1. The van der Waals surface area contributed by atoms with Gasteiger partial charge in [0.15, 0.2) is 0 Å². The normalized spacial score (nSPS) is 14.5. The smallest absolute Gasteiger partial charge is 0.240 e. The molecule has 0 atom stereocenters. The van der Waals surface area contributed by atoms with E-state index in [1.165, 1.54) is 0 Å². The van der Waals surface area contributed by atoms with Crippen LogP contribution in [0.25, 0.3) is 10.9 Å². The van der Waals surface area contributed by atoms with E-state index in [-0.39, 0.29) is 11.4 Å². The van der Waals surface area contributed by atoms with Crippen LogP contribution in [0.2, 0.25) is 0 Å². The molecule has 4 rings (SSSR count). The van der Waals surface area contributed by atoms with Gasteiger partial charge >= 0.3 is 0 Å². The first kappa shape index (κ1) is 18.6. The maximum absolute atomic E-state index is 12.5. The van der Waals surface area contributed by atoms with Gasteiger partial charge in [0.25, 0.3) is 0 Å². The number of benzene rings is 2. The van der Waals surface area contributed by atoms with E-state index < -0.39 is 10.0 Å². The van der Waals surface area contributed by atoms with Crippen molar-refractivity contribution in [2.45, 2.75) is 24.3 Å². The Morgan fingerprint density at radius 2 is 1.82 bits per heavy atom. The third-order valence-corrected chi connectivity index (χ3v) is 6.23. The lowest BCUT2D eigenvalue weighted by Crippen LogP contribution is -2.25. The quantitative estimate of drug-likeness (QED) is 0.687. The van der Waals surface area contributed by atoms with Crippen LogP contribution >= 0.6 is 0 Å². The number of hydrogen-bond acceptors (Lipinski definition) is 6. The summed E-state index contributed by atoms with van der Waals surface area (Å²) < 4.78 is 32.9. The van der Waals surface area contributed by atoms with Gasteiger partial charge in [-0.2, -0.15) is 0 Å². The van der Waals surface area contributed by atoms with Gasteiger partial charge in [-0.15, -0.1) is 0 Å². The van der Waals surface area contributed by atoms with Crippen molar-refractivity contribution in [2.24, 2.45) is 0 Å². The average molecular weight is 398 g/mol. The first-order valence-electron chi connectivity index (χ1n) is 9.21. The number of nitrogens with zero attached hydrogens (tertiary/aromatic N) is 3. The molecule has 8 heteroatoms. The predicted octanol–water partition coefficient (Wildman–Crippen LogP) is 2.72. The Labute approximate surface area is 164 Å². The molecule has 2 heterocycles. The molecule has 1 aliphatic heterocycles. The van der Waals surface area contributed by atoms with Gasteiger partial charge in [-0.1, -0.05) is 18.2 Å². The molecule has 1 fully saturated rings. The molecule has 0 saturated carbocycles. The van der Waals surface area contributed by atoms with Crippen LogP contribution in [0, 0.1) is 0 Å². The van der Waals surface area contributed by atoms with E-state index in [2.05, 4.69) is 19.6 Å². The van der Waals surface area contributed by atoms with Gasteiger partial charge in [0, 0.05) is 18.5 Å². The predicted molar refractivity (Wildman–Crippen MR) is 108 cm³/mol. The Morgan fingerprint density at radius 1 is 1.07 bits per heavy atom. The minimum absolute atomic E-state index is 0.0278. The lowest BCUT2D eigenvalue weighted by molar-refractivity contribution is 0.415. The van der Waals surface area contributed by atoms with Crippen molar-refractivity contribution in [1.29, 1.82) is 0 Å². The highest BCUT2D eigenvalue weighted by atomic mass is 32.2. The Balaban J connectivity index is 1.67. The molecule has 0 unspecified atom stereocenters. The van der Waals surface area contributed by atoms with Gasteiger partial charge in [-0.3, -0.25) is 0 Å². The van der Waals surface area contributed by atoms with Crippen molar-refractivity contribution < 1.29 is 13.2 Å².